The molecule has 0 saturated heterocycles. The Hall–Kier alpha value is -3.72. The summed E-state index contributed by atoms with van der Waals surface area (Å²) in [5, 5.41) is 2.72. The minimum atomic E-state index is -3.95. The minimum absolute atomic E-state index is 0.0267. The summed E-state index contributed by atoms with van der Waals surface area (Å²) in [5.74, 6) is 0.618. The van der Waals surface area contributed by atoms with Crippen LogP contribution in [0.4, 0.5) is 11.4 Å². The summed E-state index contributed by atoms with van der Waals surface area (Å²) in [7, 11) is 0.427. The van der Waals surface area contributed by atoms with E-state index in [4.69, 9.17) is 14.2 Å². The highest BCUT2D eigenvalue weighted by atomic mass is 32.2. The SMILES string of the molecule is COc1ccccc1NS(=O)(=O)c1cc(NC(=O)c2cccc(OC)c2OC)ccc1C. The number of sulfonamides is 1. The van der Waals surface area contributed by atoms with Crippen LogP contribution in [0.5, 0.6) is 17.2 Å². The topological polar surface area (TPSA) is 103 Å². The van der Waals surface area contributed by atoms with Crippen LogP contribution < -0.4 is 24.2 Å². The first kappa shape index (κ1) is 23.0. The van der Waals surface area contributed by atoms with Crippen molar-refractivity contribution in [2.24, 2.45) is 0 Å². The van der Waals surface area contributed by atoms with Gasteiger partial charge in [0.2, 0.25) is 0 Å². The number of hydrogen-bond donors (Lipinski definition) is 2. The van der Waals surface area contributed by atoms with Crippen molar-refractivity contribution in [3.8, 4) is 17.2 Å². The van der Waals surface area contributed by atoms with Crippen molar-refractivity contribution in [2.75, 3.05) is 31.4 Å². The number of anilines is 2. The third-order valence-corrected chi connectivity index (χ3v) is 6.24. The Labute approximate surface area is 187 Å². The number of para-hydroxylation sites is 3. The number of amides is 1. The summed E-state index contributed by atoms with van der Waals surface area (Å²) >= 11 is 0. The van der Waals surface area contributed by atoms with Gasteiger partial charge in [-0.15, -0.1) is 0 Å². The Balaban J connectivity index is 1.92. The number of aryl methyl sites for hydroxylation is 1. The van der Waals surface area contributed by atoms with Crippen LogP contribution in [0, 0.1) is 6.92 Å². The maximum atomic E-state index is 13.1. The van der Waals surface area contributed by atoms with E-state index in [9.17, 15) is 13.2 Å². The molecule has 168 valence electrons. The molecule has 0 radical (unpaired) electrons. The Morgan fingerprint density at radius 3 is 2.22 bits per heavy atom. The summed E-state index contributed by atoms with van der Waals surface area (Å²) in [4.78, 5) is 12.9. The number of ether oxygens (including phenoxy) is 3. The summed E-state index contributed by atoms with van der Waals surface area (Å²) in [5.41, 5.74) is 1.39. The molecule has 2 N–H and O–H groups in total. The normalized spacial score (nSPS) is 10.9. The van der Waals surface area contributed by atoms with E-state index in [1.807, 2.05) is 0 Å². The molecule has 0 heterocycles. The van der Waals surface area contributed by atoms with Crippen LogP contribution in [0.15, 0.2) is 65.6 Å². The largest absolute Gasteiger partial charge is 0.495 e. The van der Waals surface area contributed by atoms with Gasteiger partial charge in [-0.05, 0) is 48.9 Å². The second-order valence-electron chi connectivity index (χ2n) is 6.78. The Morgan fingerprint density at radius 1 is 0.844 bits per heavy atom. The molecule has 0 unspecified atom stereocenters. The van der Waals surface area contributed by atoms with E-state index in [-0.39, 0.29) is 16.2 Å². The number of rotatable bonds is 8. The van der Waals surface area contributed by atoms with Gasteiger partial charge in [0.1, 0.15) is 5.75 Å². The molecule has 32 heavy (non-hydrogen) atoms. The van der Waals surface area contributed by atoms with E-state index in [0.717, 1.165) is 0 Å². The molecule has 3 rings (SSSR count). The highest BCUT2D eigenvalue weighted by Crippen LogP contribution is 2.32. The first-order valence-electron chi connectivity index (χ1n) is 9.59. The molecule has 0 fully saturated rings. The zero-order valence-corrected chi connectivity index (χ0v) is 18.9. The maximum Gasteiger partial charge on any atom is 0.262 e. The lowest BCUT2D eigenvalue weighted by molar-refractivity contribution is 0.102. The molecule has 8 nitrogen and oxygen atoms in total. The lowest BCUT2D eigenvalue weighted by atomic mass is 10.1. The Kier molecular flexibility index (Phi) is 6.89. The maximum absolute atomic E-state index is 13.1. The van der Waals surface area contributed by atoms with Crippen LogP contribution in [0.25, 0.3) is 0 Å². The summed E-state index contributed by atoms with van der Waals surface area (Å²) in [6, 6.07) is 16.3. The van der Waals surface area contributed by atoms with Crippen molar-refractivity contribution in [3.05, 3.63) is 71.8 Å². The highest BCUT2D eigenvalue weighted by molar-refractivity contribution is 7.92. The smallest absolute Gasteiger partial charge is 0.262 e. The van der Waals surface area contributed by atoms with Gasteiger partial charge in [-0.2, -0.15) is 0 Å². The van der Waals surface area contributed by atoms with Crippen molar-refractivity contribution >= 4 is 27.3 Å². The van der Waals surface area contributed by atoms with Crippen LogP contribution in [0.1, 0.15) is 15.9 Å². The van der Waals surface area contributed by atoms with Gasteiger partial charge in [0.15, 0.2) is 11.5 Å². The molecule has 0 aliphatic heterocycles. The quantitative estimate of drug-likeness (QED) is 0.530. The second-order valence-corrected chi connectivity index (χ2v) is 8.43. The van der Waals surface area contributed by atoms with Crippen LogP contribution in [0.3, 0.4) is 0 Å². The number of carbonyl (C=O) groups excluding carboxylic acids is 1. The van der Waals surface area contributed by atoms with Gasteiger partial charge < -0.3 is 19.5 Å². The van der Waals surface area contributed by atoms with Gasteiger partial charge in [0, 0.05) is 5.69 Å². The van der Waals surface area contributed by atoms with E-state index < -0.39 is 15.9 Å². The lowest BCUT2D eigenvalue weighted by Gasteiger charge is -2.15. The molecule has 1 amide bonds. The number of hydrogen-bond acceptors (Lipinski definition) is 6. The molecule has 0 saturated carbocycles. The van der Waals surface area contributed by atoms with Crippen LogP contribution in [0.2, 0.25) is 0 Å². The van der Waals surface area contributed by atoms with E-state index in [1.165, 1.54) is 27.4 Å². The zero-order chi connectivity index (χ0) is 23.3. The molecule has 0 bridgehead atoms. The predicted molar refractivity (Wildman–Crippen MR) is 122 cm³/mol. The van der Waals surface area contributed by atoms with Gasteiger partial charge >= 0.3 is 0 Å². The van der Waals surface area contributed by atoms with Crippen molar-refractivity contribution in [1.82, 2.24) is 0 Å². The van der Waals surface area contributed by atoms with Crippen LogP contribution >= 0.6 is 0 Å². The fourth-order valence-electron chi connectivity index (χ4n) is 3.16. The molecule has 0 aromatic heterocycles. The van der Waals surface area contributed by atoms with Gasteiger partial charge in [-0.25, -0.2) is 8.42 Å². The molecule has 3 aromatic rings. The summed E-state index contributed by atoms with van der Waals surface area (Å²) in [6.45, 7) is 1.67. The monoisotopic (exact) mass is 456 g/mol. The molecule has 0 aliphatic rings. The molecule has 0 atom stereocenters. The predicted octanol–water partition coefficient (Wildman–Crippen LogP) is 4.07. The van der Waals surface area contributed by atoms with Crippen LogP contribution in [-0.2, 0) is 10.0 Å². The Morgan fingerprint density at radius 2 is 1.53 bits per heavy atom. The van der Waals surface area contributed by atoms with Crippen molar-refractivity contribution < 1.29 is 27.4 Å². The molecular formula is C23H24N2O6S. The van der Waals surface area contributed by atoms with Gasteiger partial charge in [0.05, 0.1) is 37.5 Å². The third-order valence-electron chi connectivity index (χ3n) is 4.73. The van der Waals surface area contributed by atoms with Gasteiger partial charge in [-0.1, -0.05) is 24.3 Å². The highest BCUT2D eigenvalue weighted by Gasteiger charge is 2.21. The number of carbonyl (C=O) groups is 1. The average Bonchev–Trinajstić information content (AvgIpc) is 2.79. The van der Waals surface area contributed by atoms with E-state index >= 15 is 0 Å². The van der Waals surface area contributed by atoms with Crippen molar-refractivity contribution in [2.45, 2.75) is 11.8 Å². The van der Waals surface area contributed by atoms with Gasteiger partial charge in [-0.3, -0.25) is 9.52 Å². The first-order valence-corrected chi connectivity index (χ1v) is 11.1. The third kappa shape index (κ3) is 4.78. The van der Waals surface area contributed by atoms with E-state index in [0.29, 0.717) is 28.4 Å². The standard InChI is InChI=1S/C23H24N2O6S/c1-15-12-13-16(24-23(26)17-8-7-11-20(30-3)22(17)31-4)14-21(15)32(27,28)25-18-9-5-6-10-19(18)29-2/h5-14,25H,1-4H3,(H,24,26). The van der Waals surface area contributed by atoms with E-state index in [2.05, 4.69) is 10.0 Å². The average molecular weight is 457 g/mol. The fourth-order valence-corrected chi connectivity index (χ4v) is 4.50. The first-order chi connectivity index (χ1) is 15.3. The van der Waals surface area contributed by atoms with E-state index in [1.54, 1.807) is 61.5 Å². The van der Waals surface area contributed by atoms with Crippen molar-refractivity contribution in [1.29, 1.82) is 0 Å². The molecular weight excluding hydrogens is 432 g/mol. The molecule has 0 spiro atoms. The minimum Gasteiger partial charge on any atom is -0.495 e. The van der Waals surface area contributed by atoms with Gasteiger partial charge in [0.25, 0.3) is 15.9 Å². The summed E-state index contributed by atoms with van der Waals surface area (Å²) in [6.07, 6.45) is 0. The summed E-state index contributed by atoms with van der Waals surface area (Å²) < 4.78 is 44.4. The van der Waals surface area contributed by atoms with Crippen LogP contribution in [-0.4, -0.2) is 35.7 Å². The zero-order valence-electron chi connectivity index (χ0n) is 18.1. The second kappa shape index (κ2) is 9.61. The molecule has 9 heteroatoms. The lowest BCUT2D eigenvalue weighted by Crippen LogP contribution is -2.17. The molecule has 3 aromatic carbocycles. The number of benzene rings is 3. The fraction of sp³-hybridized carbons (Fsp3) is 0.174. The molecule has 0 aliphatic carbocycles. The Bertz CT molecular complexity index is 1240. The number of nitrogens with one attached hydrogen (secondary N) is 2. The number of methoxy groups -OCH3 is 3. The van der Waals surface area contributed by atoms with Crippen molar-refractivity contribution in [3.63, 3.8) is 0 Å².